The maximum Gasteiger partial charge on any atom is 0.351 e. The van der Waals surface area contributed by atoms with Crippen molar-refractivity contribution < 1.29 is 52.4 Å². The first-order valence-electron chi connectivity index (χ1n) is 5.32. The highest BCUT2D eigenvalue weighted by Crippen LogP contribution is 1.86. The van der Waals surface area contributed by atoms with E-state index in [2.05, 4.69) is 22.3 Å². The molecule has 1 aromatic rings. The van der Waals surface area contributed by atoms with Gasteiger partial charge in [-0.1, -0.05) is 0 Å². The molecule has 1 aliphatic heterocycles. The molecule has 2 unspecified atom stereocenters. The molecule has 1 saturated heterocycles. The third kappa shape index (κ3) is 5.84. The summed E-state index contributed by atoms with van der Waals surface area (Å²) in [6, 6.07) is 2.72. The fraction of sp³-hybridized carbons (Fsp3) is 0.600. The third-order valence-corrected chi connectivity index (χ3v) is 2.98. The highest BCUT2D eigenvalue weighted by atomic mass is 35.5. The van der Waals surface area contributed by atoms with E-state index in [1.165, 1.54) is 19.5 Å². The number of hydrogen-bond acceptors (Lipinski definition) is 1. The van der Waals surface area contributed by atoms with Gasteiger partial charge in [0.2, 0.25) is 0 Å². The third-order valence-electron chi connectivity index (χ3n) is 2.98. The predicted molar refractivity (Wildman–Crippen MR) is 51.4 cm³/mol. The molecule has 4 N–H and O–H groups in total. The van der Waals surface area contributed by atoms with Crippen LogP contribution in [-0.2, 0) is 6.54 Å². The normalized spacial score (nSPS) is 19.5. The Morgan fingerprint density at radius 3 is 2.76 bits per heavy atom. The van der Waals surface area contributed by atoms with Crippen LogP contribution in [0.4, 0.5) is 0 Å². The number of quaternary nitrogens is 2. The Morgan fingerprint density at radius 1 is 1.47 bits per heavy atom. The van der Waals surface area contributed by atoms with Crippen molar-refractivity contribution in [1.29, 1.82) is 0 Å². The highest BCUT2D eigenvalue weighted by molar-refractivity contribution is 4.76. The van der Waals surface area contributed by atoms with Crippen LogP contribution in [0.15, 0.2) is 18.5 Å². The van der Waals surface area contributed by atoms with Gasteiger partial charge in [-0.15, -0.1) is 0 Å². The number of nitrogens with two attached hydrogens (primary N) is 1. The zero-order valence-electron chi connectivity index (χ0n) is 9.80. The molecule has 17 heavy (non-hydrogen) atoms. The van der Waals surface area contributed by atoms with E-state index in [1.54, 1.807) is 4.90 Å². The monoisotopic (exact) mass is 300 g/mol. The molecule has 0 amide bonds. The Balaban J connectivity index is 0. The number of aromatic nitrogens is 2. The number of hydrogen-bond donors (Lipinski definition) is 2. The second kappa shape index (κ2) is 9.85. The number of H-pyrrole nitrogens is 1. The molecule has 0 saturated carbocycles. The van der Waals surface area contributed by atoms with Crippen LogP contribution in [0.2, 0.25) is 0 Å². The summed E-state index contributed by atoms with van der Waals surface area (Å²) >= 11 is 0. The van der Waals surface area contributed by atoms with Crippen molar-refractivity contribution in [2.45, 2.75) is 19.0 Å². The molecule has 0 radical (unpaired) electrons. The molecule has 2 rings (SSSR count). The SMILES string of the molecule is C[NH+](Cc1nccc[nH+]1)C1CC[NH2+]C1.[Cl-].[Cl-].[Cl-]. The minimum Gasteiger partial charge on any atom is -1.00 e. The van der Waals surface area contributed by atoms with Gasteiger partial charge in [-0.25, -0.2) is 4.98 Å². The minimum absolute atomic E-state index is 0. The van der Waals surface area contributed by atoms with Gasteiger partial charge in [0.1, 0.15) is 18.8 Å². The summed E-state index contributed by atoms with van der Waals surface area (Å²) in [7, 11) is 2.26. The van der Waals surface area contributed by atoms with Crippen LogP contribution in [0, 0.1) is 0 Å². The molecule has 2 atom stereocenters. The maximum atomic E-state index is 4.30. The van der Waals surface area contributed by atoms with Crippen molar-refractivity contribution in [2.75, 3.05) is 20.1 Å². The zero-order chi connectivity index (χ0) is 9.80. The van der Waals surface area contributed by atoms with Crippen LogP contribution < -0.4 is 52.4 Å². The quantitative estimate of drug-likeness (QED) is 0.572. The molecule has 0 bridgehead atoms. The van der Waals surface area contributed by atoms with E-state index >= 15 is 0 Å². The van der Waals surface area contributed by atoms with Gasteiger partial charge in [-0.05, 0) is 4.98 Å². The highest BCUT2D eigenvalue weighted by Gasteiger charge is 2.27. The number of halogens is 3. The van der Waals surface area contributed by atoms with Gasteiger partial charge in [-0.3, -0.25) is 0 Å². The van der Waals surface area contributed by atoms with Crippen molar-refractivity contribution >= 4 is 0 Å². The minimum atomic E-state index is 0. The summed E-state index contributed by atoms with van der Waals surface area (Å²) in [6.07, 6.45) is 5.12. The van der Waals surface area contributed by atoms with Crippen molar-refractivity contribution in [2.24, 2.45) is 0 Å². The molecule has 4 nitrogen and oxygen atoms in total. The van der Waals surface area contributed by atoms with Crippen LogP contribution in [0.25, 0.3) is 0 Å². The van der Waals surface area contributed by atoms with Crippen LogP contribution in [0.5, 0.6) is 0 Å². The van der Waals surface area contributed by atoms with E-state index in [0.29, 0.717) is 0 Å². The van der Waals surface area contributed by atoms with Crippen LogP contribution in [-0.4, -0.2) is 31.2 Å². The van der Waals surface area contributed by atoms with Crippen LogP contribution in [0.3, 0.4) is 0 Å². The second-order valence-corrected chi connectivity index (χ2v) is 4.05. The Hall–Kier alpha value is -0.130. The smallest absolute Gasteiger partial charge is 0.351 e. The maximum absolute atomic E-state index is 4.30. The van der Waals surface area contributed by atoms with Crippen molar-refractivity contribution in [1.82, 2.24) is 4.98 Å². The summed E-state index contributed by atoms with van der Waals surface area (Å²) in [5.41, 5.74) is 0. The van der Waals surface area contributed by atoms with Gasteiger partial charge >= 0.3 is 5.82 Å². The lowest BCUT2D eigenvalue weighted by Crippen LogP contribution is -3.13. The molecule has 1 aliphatic rings. The summed E-state index contributed by atoms with van der Waals surface area (Å²) in [5, 5.41) is 2.40. The van der Waals surface area contributed by atoms with Gasteiger partial charge in [-0.2, -0.15) is 0 Å². The van der Waals surface area contributed by atoms with Gasteiger partial charge in [0, 0.05) is 6.07 Å². The molecule has 2 heterocycles. The molecule has 7 heteroatoms. The van der Waals surface area contributed by atoms with E-state index in [0.717, 1.165) is 18.4 Å². The number of nitrogens with zero attached hydrogens (tertiary/aromatic N) is 1. The first-order valence-corrected chi connectivity index (χ1v) is 5.32. The molecule has 1 aromatic heterocycles. The van der Waals surface area contributed by atoms with Crippen molar-refractivity contribution in [3.8, 4) is 0 Å². The first kappa shape index (κ1) is 19.2. The lowest BCUT2D eigenvalue weighted by Gasteiger charge is -2.15. The topological polar surface area (TPSA) is 48.1 Å². The van der Waals surface area contributed by atoms with Gasteiger partial charge in [0.05, 0.1) is 26.2 Å². The number of nitrogens with one attached hydrogen (secondary N) is 2. The average molecular weight is 302 g/mol. The molecule has 1 fully saturated rings. The van der Waals surface area contributed by atoms with Crippen LogP contribution in [0.1, 0.15) is 12.2 Å². The van der Waals surface area contributed by atoms with Gasteiger partial charge in [0.25, 0.3) is 0 Å². The number of aromatic amines is 1. The van der Waals surface area contributed by atoms with E-state index in [9.17, 15) is 0 Å². The summed E-state index contributed by atoms with van der Waals surface area (Å²) in [5.74, 6) is 1.08. The molecular weight excluding hydrogens is 282 g/mol. The average Bonchev–Trinajstić information content (AvgIpc) is 2.72. The zero-order valence-corrected chi connectivity index (χ0v) is 12.1. The Bertz CT molecular complexity index is 280. The lowest BCUT2D eigenvalue weighted by molar-refractivity contribution is -0.928. The van der Waals surface area contributed by atoms with E-state index < -0.39 is 0 Å². The van der Waals surface area contributed by atoms with E-state index in [4.69, 9.17) is 0 Å². The van der Waals surface area contributed by atoms with Crippen molar-refractivity contribution in [3.63, 3.8) is 0 Å². The summed E-state index contributed by atoms with van der Waals surface area (Å²) < 4.78 is 0. The largest absolute Gasteiger partial charge is 1.00 e. The molecule has 100 valence electrons. The van der Waals surface area contributed by atoms with E-state index in [-0.39, 0.29) is 37.2 Å². The molecule has 0 aliphatic carbocycles. The number of rotatable bonds is 3. The van der Waals surface area contributed by atoms with E-state index in [1.807, 2.05) is 18.5 Å². The lowest BCUT2D eigenvalue weighted by atomic mass is 10.2. The Kier molecular flexibility index (Phi) is 11.1. The summed E-state index contributed by atoms with van der Waals surface area (Å²) in [6.45, 7) is 3.55. The van der Waals surface area contributed by atoms with Crippen molar-refractivity contribution in [3.05, 3.63) is 24.3 Å². The summed E-state index contributed by atoms with van der Waals surface area (Å²) in [4.78, 5) is 9.05. The fourth-order valence-electron chi connectivity index (χ4n) is 2.07. The Labute approximate surface area is 121 Å². The number of likely N-dealkylation sites (N-methyl/N-ethyl adjacent to an activating group) is 1. The molecule has 0 aromatic carbocycles. The molecule has 0 spiro atoms. The standard InChI is InChI=1S/C10H16N4.3ClH/c1-14(9-3-6-11-7-9)8-10-12-4-2-5-13-10;;;/h2,4-5,9,11H,3,6-8H2,1H3;3*1H. The molecular formula is C10H19Cl3N4. The predicted octanol–water partition coefficient (Wildman–Crippen LogP) is -11.7. The second-order valence-electron chi connectivity index (χ2n) is 4.05. The fourth-order valence-corrected chi connectivity index (χ4v) is 2.07. The Morgan fingerprint density at radius 2 is 2.24 bits per heavy atom. The van der Waals surface area contributed by atoms with Gasteiger partial charge < -0.3 is 47.4 Å². The van der Waals surface area contributed by atoms with Gasteiger partial charge in [0.15, 0.2) is 6.54 Å². The van der Waals surface area contributed by atoms with Crippen LogP contribution >= 0.6 is 0 Å². The first-order chi connectivity index (χ1) is 6.86.